The normalized spacial score (nSPS) is 10.9. The average molecular weight is 251 g/mol. The van der Waals surface area contributed by atoms with Gasteiger partial charge in [-0.15, -0.1) is 0 Å². The quantitative estimate of drug-likeness (QED) is 0.805. The number of amides is 1. The van der Waals surface area contributed by atoms with Crippen LogP contribution in [0, 0.1) is 5.82 Å². The maximum atomic E-state index is 13.6. The molecular weight excluding hydrogens is 237 g/mol. The maximum Gasteiger partial charge on any atom is 0.328 e. The van der Waals surface area contributed by atoms with E-state index < -0.39 is 17.7 Å². The molecule has 0 heterocycles. The van der Waals surface area contributed by atoms with Gasteiger partial charge in [0.1, 0.15) is 5.82 Å². The van der Waals surface area contributed by atoms with Gasteiger partial charge in [0.2, 0.25) is 0 Å². The fraction of sp³-hybridized carbons (Fsp3) is 0.231. The van der Waals surface area contributed by atoms with Crippen molar-refractivity contribution in [2.75, 3.05) is 0 Å². The van der Waals surface area contributed by atoms with Crippen LogP contribution in [0.4, 0.5) is 4.39 Å². The van der Waals surface area contributed by atoms with E-state index in [1.54, 1.807) is 13.8 Å². The lowest BCUT2D eigenvalue weighted by molar-refractivity contribution is -0.131. The lowest BCUT2D eigenvalue weighted by Crippen LogP contribution is -2.30. The first-order valence-corrected chi connectivity index (χ1v) is 5.41. The third-order valence-electron chi connectivity index (χ3n) is 2.08. The summed E-state index contributed by atoms with van der Waals surface area (Å²) < 4.78 is 13.6. The summed E-state index contributed by atoms with van der Waals surface area (Å²) in [7, 11) is 0. The van der Waals surface area contributed by atoms with Gasteiger partial charge in [-0.3, -0.25) is 4.79 Å². The van der Waals surface area contributed by atoms with Gasteiger partial charge < -0.3 is 10.4 Å². The number of benzene rings is 1. The number of halogens is 1. The molecule has 0 spiro atoms. The molecule has 1 amide bonds. The molecule has 4 nitrogen and oxygen atoms in total. The maximum absolute atomic E-state index is 13.6. The zero-order valence-corrected chi connectivity index (χ0v) is 10.1. The van der Waals surface area contributed by atoms with Crippen LogP contribution in [0.2, 0.25) is 0 Å². The smallest absolute Gasteiger partial charge is 0.328 e. The number of nitrogens with one attached hydrogen (secondary N) is 1. The largest absolute Gasteiger partial charge is 0.478 e. The van der Waals surface area contributed by atoms with Gasteiger partial charge in [-0.05, 0) is 37.6 Å². The first-order valence-electron chi connectivity index (χ1n) is 5.41. The van der Waals surface area contributed by atoms with E-state index in [2.05, 4.69) is 5.32 Å². The van der Waals surface area contributed by atoms with E-state index in [1.807, 2.05) is 0 Å². The zero-order chi connectivity index (χ0) is 13.7. The number of carboxylic acid groups (broad SMARTS) is 1. The molecule has 1 rings (SSSR count). The van der Waals surface area contributed by atoms with Crippen LogP contribution in [0.3, 0.4) is 0 Å². The Bertz CT molecular complexity index is 495. The van der Waals surface area contributed by atoms with Crippen LogP contribution in [-0.4, -0.2) is 23.0 Å². The molecule has 0 fully saturated rings. The second kappa shape index (κ2) is 5.95. The minimum absolute atomic E-state index is 0.0591. The summed E-state index contributed by atoms with van der Waals surface area (Å²) in [6, 6.07) is 3.85. The standard InChI is InChI=1S/C13H14FNO3/c1-8(2)15-13(18)10-5-3-9(7-11(10)14)4-6-12(16)17/h3-8H,1-2H3,(H,15,18)(H,16,17). The molecule has 0 saturated carbocycles. The summed E-state index contributed by atoms with van der Waals surface area (Å²) in [6.07, 6.45) is 2.16. The van der Waals surface area contributed by atoms with E-state index in [1.165, 1.54) is 18.2 Å². The monoisotopic (exact) mass is 251 g/mol. The van der Waals surface area contributed by atoms with Crippen molar-refractivity contribution in [3.05, 3.63) is 41.2 Å². The Hall–Kier alpha value is -2.17. The van der Waals surface area contributed by atoms with Gasteiger partial charge in [0.05, 0.1) is 5.56 Å². The van der Waals surface area contributed by atoms with Crippen molar-refractivity contribution in [3.63, 3.8) is 0 Å². The van der Waals surface area contributed by atoms with Crippen LogP contribution in [0.5, 0.6) is 0 Å². The molecule has 0 aliphatic rings. The van der Waals surface area contributed by atoms with Crippen molar-refractivity contribution in [3.8, 4) is 0 Å². The summed E-state index contributed by atoms with van der Waals surface area (Å²) in [5, 5.41) is 11.0. The van der Waals surface area contributed by atoms with Gasteiger partial charge in [0, 0.05) is 12.1 Å². The first kappa shape index (κ1) is 13.9. The number of hydrogen-bond donors (Lipinski definition) is 2. The Kier molecular flexibility index (Phi) is 4.59. The van der Waals surface area contributed by atoms with Crippen molar-refractivity contribution >= 4 is 18.0 Å². The molecule has 0 unspecified atom stereocenters. The Morgan fingerprint density at radius 2 is 2.06 bits per heavy atom. The number of carboxylic acids is 1. The van der Waals surface area contributed by atoms with E-state index in [-0.39, 0.29) is 11.6 Å². The Morgan fingerprint density at radius 3 is 2.56 bits per heavy atom. The topological polar surface area (TPSA) is 66.4 Å². The molecule has 0 aromatic heterocycles. The van der Waals surface area contributed by atoms with Crippen LogP contribution in [0.1, 0.15) is 29.8 Å². The molecule has 1 aromatic carbocycles. The Balaban J connectivity index is 2.92. The fourth-order valence-corrected chi connectivity index (χ4v) is 1.33. The van der Waals surface area contributed by atoms with Crippen molar-refractivity contribution in [2.24, 2.45) is 0 Å². The van der Waals surface area contributed by atoms with Gasteiger partial charge in [-0.2, -0.15) is 0 Å². The van der Waals surface area contributed by atoms with Crippen LogP contribution >= 0.6 is 0 Å². The molecule has 0 bridgehead atoms. The van der Waals surface area contributed by atoms with Crippen LogP contribution in [-0.2, 0) is 4.79 Å². The molecule has 18 heavy (non-hydrogen) atoms. The third-order valence-corrected chi connectivity index (χ3v) is 2.08. The number of rotatable bonds is 4. The number of aliphatic carboxylic acids is 1. The van der Waals surface area contributed by atoms with Crippen LogP contribution in [0.25, 0.3) is 6.08 Å². The summed E-state index contributed by atoms with van der Waals surface area (Å²) in [5.74, 6) is -2.28. The summed E-state index contributed by atoms with van der Waals surface area (Å²) in [6.45, 7) is 3.56. The van der Waals surface area contributed by atoms with E-state index >= 15 is 0 Å². The van der Waals surface area contributed by atoms with E-state index in [4.69, 9.17) is 5.11 Å². The first-order chi connectivity index (χ1) is 8.40. The lowest BCUT2D eigenvalue weighted by Gasteiger charge is -2.09. The second-order valence-corrected chi connectivity index (χ2v) is 4.04. The molecule has 0 aliphatic heterocycles. The Labute approximate surface area is 104 Å². The highest BCUT2D eigenvalue weighted by atomic mass is 19.1. The minimum Gasteiger partial charge on any atom is -0.478 e. The molecule has 5 heteroatoms. The van der Waals surface area contributed by atoms with Crippen molar-refractivity contribution < 1.29 is 19.1 Å². The number of carbonyl (C=O) groups excluding carboxylic acids is 1. The number of hydrogen-bond acceptors (Lipinski definition) is 2. The molecular formula is C13H14FNO3. The fourth-order valence-electron chi connectivity index (χ4n) is 1.33. The highest BCUT2D eigenvalue weighted by Gasteiger charge is 2.12. The SMILES string of the molecule is CC(C)NC(=O)c1ccc(C=CC(=O)O)cc1F. The van der Waals surface area contributed by atoms with Gasteiger partial charge in [-0.1, -0.05) is 6.07 Å². The minimum atomic E-state index is -1.11. The van der Waals surface area contributed by atoms with Gasteiger partial charge in [-0.25, -0.2) is 9.18 Å². The molecule has 2 N–H and O–H groups in total. The van der Waals surface area contributed by atoms with Gasteiger partial charge in [0.25, 0.3) is 5.91 Å². The van der Waals surface area contributed by atoms with Crippen LogP contribution in [0.15, 0.2) is 24.3 Å². The lowest BCUT2D eigenvalue weighted by atomic mass is 10.1. The van der Waals surface area contributed by atoms with Crippen molar-refractivity contribution in [2.45, 2.75) is 19.9 Å². The van der Waals surface area contributed by atoms with E-state index in [0.29, 0.717) is 5.56 Å². The third kappa shape index (κ3) is 4.01. The summed E-state index contributed by atoms with van der Waals surface area (Å²) in [5.41, 5.74) is 0.326. The highest BCUT2D eigenvalue weighted by molar-refractivity contribution is 5.95. The average Bonchev–Trinajstić information content (AvgIpc) is 2.25. The molecule has 0 atom stereocenters. The van der Waals surface area contributed by atoms with Crippen molar-refractivity contribution in [1.82, 2.24) is 5.32 Å². The zero-order valence-electron chi connectivity index (χ0n) is 10.1. The van der Waals surface area contributed by atoms with Crippen molar-refractivity contribution in [1.29, 1.82) is 0 Å². The van der Waals surface area contributed by atoms with Gasteiger partial charge in [0.15, 0.2) is 0 Å². The predicted octanol–water partition coefficient (Wildman–Crippen LogP) is 2.06. The highest BCUT2D eigenvalue weighted by Crippen LogP contribution is 2.12. The summed E-state index contributed by atoms with van der Waals surface area (Å²) in [4.78, 5) is 21.9. The molecule has 96 valence electrons. The van der Waals surface area contributed by atoms with Crippen LogP contribution < -0.4 is 5.32 Å². The van der Waals surface area contributed by atoms with E-state index in [9.17, 15) is 14.0 Å². The molecule has 0 aliphatic carbocycles. The number of carbonyl (C=O) groups is 2. The second-order valence-electron chi connectivity index (χ2n) is 4.04. The Morgan fingerprint density at radius 1 is 1.39 bits per heavy atom. The summed E-state index contributed by atoms with van der Waals surface area (Å²) >= 11 is 0. The molecule has 1 aromatic rings. The predicted molar refractivity (Wildman–Crippen MR) is 65.7 cm³/mol. The van der Waals surface area contributed by atoms with E-state index in [0.717, 1.165) is 12.1 Å². The molecule has 0 radical (unpaired) electrons. The molecule has 0 saturated heterocycles. The van der Waals surface area contributed by atoms with Gasteiger partial charge >= 0.3 is 5.97 Å².